The molecule has 18 heavy (non-hydrogen) atoms. The predicted molar refractivity (Wildman–Crippen MR) is 78.9 cm³/mol. The standard InChI is InChI=1S/C17H27N/c1-4-7-13(2)17(18-3)16-11-6-10-15(12-16)14-8-5-9-14/h6,10-14,17-18H,4-5,7-9H2,1-3H3. The highest BCUT2D eigenvalue weighted by atomic mass is 14.9. The van der Waals surface area contributed by atoms with Crippen LogP contribution in [0.25, 0.3) is 0 Å². The van der Waals surface area contributed by atoms with Gasteiger partial charge in [0.2, 0.25) is 0 Å². The molecule has 1 aromatic rings. The largest absolute Gasteiger partial charge is 0.313 e. The molecule has 1 aliphatic carbocycles. The van der Waals surface area contributed by atoms with Crippen LogP contribution < -0.4 is 5.32 Å². The van der Waals surface area contributed by atoms with Gasteiger partial charge in [-0.3, -0.25) is 0 Å². The fraction of sp³-hybridized carbons (Fsp3) is 0.647. The van der Waals surface area contributed by atoms with Gasteiger partial charge in [0.1, 0.15) is 0 Å². The number of hydrogen-bond acceptors (Lipinski definition) is 1. The number of hydrogen-bond donors (Lipinski definition) is 1. The highest BCUT2D eigenvalue weighted by Gasteiger charge is 2.22. The van der Waals surface area contributed by atoms with Crippen molar-refractivity contribution in [2.24, 2.45) is 5.92 Å². The maximum Gasteiger partial charge on any atom is 0.0343 e. The van der Waals surface area contributed by atoms with Crippen molar-refractivity contribution in [3.05, 3.63) is 35.4 Å². The van der Waals surface area contributed by atoms with Crippen molar-refractivity contribution in [1.29, 1.82) is 0 Å². The normalized spacial score (nSPS) is 19.3. The molecule has 0 aromatic heterocycles. The molecule has 1 N–H and O–H groups in total. The molecule has 0 saturated heterocycles. The van der Waals surface area contributed by atoms with Gasteiger partial charge in [-0.05, 0) is 49.3 Å². The molecule has 0 heterocycles. The van der Waals surface area contributed by atoms with Crippen molar-refractivity contribution in [3.8, 4) is 0 Å². The van der Waals surface area contributed by atoms with Crippen molar-refractivity contribution in [2.75, 3.05) is 7.05 Å². The summed E-state index contributed by atoms with van der Waals surface area (Å²) in [5, 5.41) is 3.51. The van der Waals surface area contributed by atoms with E-state index in [2.05, 4.69) is 50.5 Å². The summed E-state index contributed by atoms with van der Waals surface area (Å²) >= 11 is 0. The van der Waals surface area contributed by atoms with Crippen molar-refractivity contribution >= 4 is 0 Å². The van der Waals surface area contributed by atoms with E-state index < -0.39 is 0 Å². The summed E-state index contributed by atoms with van der Waals surface area (Å²) < 4.78 is 0. The Morgan fingerprint density at radius 1 is 1.33 bits per heavy atom. The van der Waals surface area contributed by atoms with Crippen LogP contribution in [0, 0.1) is 5.92 Å². The van der Waals surface area contributed by atoms with Gasteiger partial charge in [0, 0.05) is 6.04 Å². The first-order valence-corrected chi connectivity index (χ1v) is 7.53. The van der Waals surface area contributed by atoms with Crippen LogP contribution in [0.3, 0.4) is 0 Å². The van der Waals surface area contributed by atoms with E-state index in [1.54, 1.807) is 5.56 Å². The summed E-state index contributed by atoms with van der Waals surface area (Å²) in [4.78, 5) is 0. The zero-order chi connectivity index (χ0) is 13.0. The van der Waals surface area contributed by atoms with Crippen LogP contribution in [0.2, 0.25) is 0 Å². The van der Waals surface area contributed by atoms with Gasteiger partial charge in [0.15, 0.2) is 0 Å². The van der Waals surface area contributed by atoms with Gasteiger partial charge >= 0.3 is 0 Å². The van der Waals surface area contributed by atoms with Gasteiger partial charge in [-0.15, -0.1) is 0 Å². The van der Waals surface area contributed by atoms with Crippen molar-refractivity contribution < 1.29 is 0 Å². The average molecular weight is 245 g/mol. The zero-order valence-corrected chi connectivity index (χ0v) is 12.1. The van der Waals surface area contributed by atoms with Gasteiger partial charge in [-0.2, -0.15) is 0 Å². The van der Waals surface area contributed by atoms with Crippen LogP contribution in [-0.4, -0.2) is 7.05 Å². The van der Waals surface area contributed by atoms with Gasteiger partial charge in [-0.25, -0.2) is 0 Å². The Morgan fingerprint density at radius 3 is 2.67 bits per heavy atom. The molecule has 1 aromatic carbocycles. The third kappa shape index (κ3) is 2.95. The van der Waals surface area contributed by atoms with E-state index in [-0.39, 0.29) is 0 Å². The summed E-state index contributed by atoms with van der Waals surface area (Å²) in [7, 11) is 2.09. The third-order valence-electron chi connectivity index (χ3n) is 4.47. The van der Waals surface area contributed by atoms with Crippen LogP contribution in [0.15, 0.2) is 24.3 Å². The number of rotatable bonds is 6. The molecule has 0 radical (unpaired) electrons. The van der Waals surface area contributed by atoms with Gasteiger partial charge < -0.3 is 5.32 Å². The lowest BCUT2D eigenvalue weighted by molar-refractivity contribution is 0.381. The maximum absolute atomic E-state index is 3.51. The topological polar surface area (TPSA) is 12.0 Å². The molecule has 0 bridgehead atoms. The van der Waals surface area contributed by atoms with Gasteiger partial charge in [0.25, 0.3) is 0 Å². The van der Waals surface area contributed by atoms with Crippen LogP contribution in [0.4, 0.5) is 0 Å². The van der Waals surface area contributed by atoms with Gasteiger partial charge in [0.05, 0.1) is 0 Å². The fourth-order valence-electron chi connectivity index (χ4n) is 3.15. The van der Waals surface area contributed by atoms with E-state index in [1.165, 1.54) is 37.7 Å². The molecule has 1 fully saturated rings. The zero-order valence-electron chi connectivity index (χ0n) is 12.1. The van der Waals surface area contributed by atoms with E-state index >= 15 is 0 Å². The average Bonchev–Trinajstić information content (AvgIpc) is 2.28. The van der Waals surface area contributed by atoms with Crippen LogP contribution in [0.1, 0.15) is 69.0 Å². The lowest BCUT2D eigenvalue weighted by Crippen LogP contribution is -2.23. The van der Waals surface area contributed by atoms with Gasteiger partial charge in [-0.1, -0.05) is 51.0 Å². The van der Waals surface area contributed by atoms with E-state index in [9.17, 15) is 0 Å². The smallest absolute Gasteiger partial charge is 0.0343 e. The highest BCUT2D eigenvalue weighted by molar-refractivity contribution is 5.30. The molecule has 2 rings (SSSR count). The van der Waals surface area contributed by atoms with Crippen LogP contribution >= 0.6 is 0 Å². The minimum atomic E-state index is 0.505. The summed E-state index contributed by atoms with van der Waals surface area (Å²) in [5.41, 5.74) is 3.03. The molecule has 0 amide bonds. The van der Waals surface area contributed by atoms with E-state index in [1.807, 2.05) is 0 Å². The first-order valence-electron chi connectivity index (χ1n) is 7.53. The fourth-order valence-corrected chi connectivity index (χ4v) is 3.15. The molecular weight excluding hydrogens is 218 g/mol. The Balaban J connectivity index is 2.14. The summed E-state index contributed by atoms with van der Waals surface area (Å²) in [5.74, 6) is 1.54. The van der Waals surface area contributed by atoms with Crippen LogP contribution in [-0.2, 0) is 0 Å². The molecule has 2 atom stereocenters. The first-order chi connectivity index (χ1) is 8.76. The molecule has 1 aliphatic rings. The van der Waals surface area contributed by atoms with Crippen molar-refractivity contribution in [3.63, 3.8) is 0 Å². The molecule has 1 saturated carbocycles. The Labute approximate surface area is 112 Å². The lowest BCUT2D eigenvalue weighted by Gasteiger charge is -2.28. The number of nitrogens with one attached hydrogen (secondary N) is 1. The minimum Gasteiger partial charge on any atom is -0.313 e. The van der Waals surface area contributed by atoms with E-state index in [0.717, 1.165) is 5.92 Å². The SMILES string of the molecule is CCCC(C)C(NC)c1cccc(C2CCC2)c1. The summed E-state index contributed by atoms with van der Waals surface area (Å²) in [6.45, 7) is 4.63. The molecule has 1 heteroatoms. The number of benzene rings is 1. The highest BCUT2D eigenvalue weighted by Crippen LogP contribution is 2.37. The van der Waals surface area contributed by atoms with E-state index in [0.29, 0.717) is 12.0 Å². The molecule has 0 aliphatic heterocycles. The molecule has 2 unspecified atom stereocenters. The molecule has 100 valence electrons. The predicted octanol–water partition coefficient (Wildman–Crippen LogP) is 4.65. The second-order valence-corrected chi connectivity index (χ2v) is 5.83. The second kappa shape index (κ2) is 6.38. The Hall–Kier alpha value is -0.820. The maximum atomic E-state index is 3.51. The van der Waals surface area contributed by atoms with Crippen LogP contribution in [0.5, 0.6) is 0 Å². The lowest BCUT2D eigenvalue weighted by atomic mass is 9.79. The second-order valence-electron chi connectivity index (χ2n) is 5.83. The Morgan fingerprint density at radius 2 is 2.11 bits per heavy atom. The molecular formula is C17H27N. The Bertz CT molecular complexity index is 368. The summed E-state index contributed by atoms with van der Waals surface area (Å²) in [6.07, 6.45) is 6.74. The van der Waals surface area contributed by atoms with Crippen molar-refractivity contribution in [1.82, 2.24) is 5.32 Å². The molecule has 0 spiro atoms. The quantitative estimate of drug-likeness (QED) is 0.769. The summed E-state index contributed by atoms with van der Waals surface area (Å²) in [6, 6.07) is 9.79. The molecule has 1 nitrogen and oxygen atoms in total. The first kappa shape index (κ1) is 13.6. The third-order valence-corrected chi connectivity index (χ3v) is 4.47. The monoisotopic (exact) mass is 245 g/mol. The minimum absolute atomic E-state index is 0.505. The van der Waals surface area contributed by atoms with E-state index in [4.69, 9.17) is 0 Å². The van der Waals surface area contributed by atoms with Crippen molar-refractivity contribution in [2.45, 2.75) is 57.9 Å². The Kier molecular flexibility index (Phi) is 4.82.